The Balaban J connectivity index is 2.36. The molecule has 6 nitrogen and oxygen atoms in total. The van der Waals surface area contributed by atoms with Crippen LogP contribution in [0.1, 0.15) is 23.0 Å². The number of aromatic amines is 2. The highest BCUT2D eigenvalue weighted by Crippen LogP contribution is 2.32. The molecule has 2 heterocycles. The van der Waals surface area contributed by atoms with Gasteiger partial charge in [-0.15, -0.1) is 0 Å². The Hall–Kier alpha value is -2.50. The van der Waals surface area contributed by atoms with E-state index >= 15 is 0 Å². The minimum atomic E-state index is -0.417. The molecule has 2 aromatic heterocycles. The molecule has 3 aromatic rings. The summed E-state index contributed by atoms with van der Waals surface area (Å²) in [6.45, 7) is 3.94. The third-order valence-electron chi connectivity index (χ3n) is 3.21. The number of esters is 1. The molecule has 6 heteroatoms. The van der Waals surface area contributed by atoms with Crippen LogP contribution in [-0.2, 0) is 4.74 Å². The average Bonchev–Trinajstić information content (AvgIpc) is 2.94. The van der Waals surface area contributed by atoms with Crippen LogP contribution in [0.3, 0.4) is 0 Å². The number of anilines is 1. The first-order valence-corrected chi connectivity index (χ1v) is 6.04. The topological polar surface area (TPSA) is 96.8 Å². The molecule has 0 atom stereocenters. The summed E-state index contributed by atoms with van der Waals surface area (Å²) in [5.74, 6) is -0.417. The summed E-state index contributed by atoms with van der Waals surface area (Å²) < 4.78 is 5.01. The van der Waals surface area contributed by atoms with Crippen LogP contribution < -0.4 is 5.73 Å². The van der Waals surface area contributed by atoms with Crippen molar-refractivity contribution < 1.29 is 9.53 Å². The number of carbonyl (C=O) groups excluding carboxylic acids is 1. The van der Waals surface area contributed by atoms with Crippen LogP contribution in [0.25, 0.3) is 21.8 Å². The molecule has 0 saturated carbocycles. The van der Waals surface area contributed by atoms with E-state index in [1.807, 2.05) is 19.2 Å². The van der Waals surface area contributed by atoms with Crippen molar-refractivity contribution in [3.63, 3.8) is 0 Å². The highest BCUT2D eigenvalue weighted by atomic mass is 16.5. The van der Waals surface area contributed by atoms with Crippen LogP contribution in [0.5, 0.6) is 0 Å². The van der Waals surface area contributed by atoms with Gasteiger partial charge in [0.25, 0.3) is 0 Å². The van der Waals surface area contributed by atoms with Crippen molar-refractivity contribution in [2.24, 2.45) is 0 Å². The smallest absolute Gasteiger partial charge is 0.357 e. The van der Waals surface area contributed by atoms with Crippen molar-refractivity contribution in [3.8, 4) is 0 Å². The zero-order valence-corrected chi connectivity index (χ0v) is 10.7. The molecule has 4 N–H and O–H groups in total. The van der Waals surface area contributed by atoms with Gasteiger partial charge in [-0.1, -0.05) is 0 Å². The molecule has 0 bridgehead atoms. The first-order chi connectivity index (χ1) is 9.13. The van der Waals surface area contributed by atoms with E-state index in [9.17, 15) is 4.79 Å². The number of ether oxygens (including phenoxy) is 1. The van der Waals surface area contributed by atoms with Gasteiger partial charge < -0.3 is 20.7 Å². The fourth-order valence-electron chi connectivity index (χ4n) is 2.35. The van der Waals surface area contributed by atoms with E-state index in [-0.39, 0.29) is 0 Å². The lowest BCUT2D eigenvalue weighted by molar-refractivity contribution is 0.0520. The number of nitrogens with one attached hydrogen (secondary N) is 2. The first kappa shape index (κ1) is 11.6. The Morgan fingerprint density at radius 1 is 1.53 bits per heavy atom. The fourth-order valence-corrected chi connectivity index (χ4v) is 2.35. The predicted octanol–water partition coefficient (Wildman–Crippen LogP) is 2.11. The van der Waals surface area contributed by atoms with Gasteiger partial charge in [-0.3, -0.25) is 0 Å². The number of rotatable bonds is 2. The monoisotopic (exact) mass is 258 g/mol. The molecule has 19 heavy (non-hydrogen) atoms. The van der Waals surface area contributed by atoms with E-state index in [0.29, 0.717) is 23.5 Å². The Labute approximate surface area is 108 Å². The average molecular weight is 258 g/mol. The van der Waals surface area contributed by atoms with Gasteiger partial charge in [0.1, 0.15) is 0 Å². The number of fused-ring (bicyclic) bond motifs is 3. The van der Waals surface area contributed by atoms with Crippen molar-refractivity contribution >= 4 is 33.5 Å². The number of nitrogens with two attached hydrogens (primary N) is 1. The van der Waals surface area contributed by atoms with Crippen molar-refractivity contribution in [3.05, 3.63) is 23.5 Å². The Morgan fingerprint density at radius 3 is 3.05 bits per heavy atom. The standard InChI is InChI=1S/C13H14N4O2/c1-3-19-13(18)10-6(2)9-11-7(5-15-17-11)4-8(14)12(9)16-10/h4-5,15,17H,3,14H2,1-2H3. The minimum Gasteiger partial charge on any atom is -0.461 e. The predicted molar refractivity (Wildman–Crippen MR) is 73.1 cm³/mol. The maximum absolute atomic E-state index is 11.9. The SMILES string of the molecule is CCOC(=O)c1nc2c(N)cc3c[nH][nH]c3c2c1C. The number of nitrogen functional groups attached to an aromatic ring is 1. The molecule has 1 aromatic carbocycles. The van der Waals surface area contributed by atoms with E-state index < -0.39 is 5.97 Å². The molecular weight excluding hydrogens is 244 g/mol. The van der Waals surface area contributed by atoms with E-state index in [2.05, 4.69) is 15.2 Å². The number of hydrogen-bond acceptors (Lipinski definition) is 4. The Morgan fingerprint density at radius 2 is 2.32 bits per heavy atom. The fraction of sp³-hybridized carbons (Fsp3) is 0.231. The summed E-state index contributed by atoms with van der Waals surface area (Å²) in [5.41, 5.74) is 9.17. The molecule has 0 radical (unpaired) electrons. The summed E-state index contributed by atoms with van der Waals surface area (Å²) in [6.07, 6.45) is 1.82. The number of hydrogen-bond donors (Lipinski definition) is 3. The third kappa shape index (κ3) is 1.56. The zero-order valence-electron chi connectivity index (χ0n) is 10.7. The number of nitrogens with zero attached hydrogens (tertiary/aromatic N) is 1. The van der Waals surface area contributed by atoms with Gasteiger partial charge in [0.2, 0.25) is 0 Å². The molecule has 0 fully saturated rings. The Bertz CT molecular complexity index is 785. The van der Waals surface area contributed by atoms with Gasteiger partial charge in [-0.25, -0.2) is 9.78 Å². The second kappa shape index (κ2) is 4.01. The Kier molecular flexibility index (Phi) is 2.45. The molecule has 3 rings (SSSR count). The molecule has 0 spiro atoms. The van der Waals surface area contributed by atoms with Crippen LogP contribution in [0.4, 0.5) is 5.69 Å². The largest absolute Gasteiger partial charge is 0.461 e. The van der Waals surface area contributed by atoms with Gasteiger partial charge in [-0.05, 0) is 25.5 Å². The summed E-state index contributed by atoms with van der Waals surface area (Å²) in [6, 6.07) is 1.83. The number of H-pyrrole nitrogens is 2. The number of benzene rings is 1. The maximum atomic E-state index is 11.9. The molecule has 0 amide bonds. The molecule has 0 saturated heterocycles. The summed E-state index contributed by atoms with van der Waals surface area (Å²) in [7, 11) is 0. The van der Waals surface area contributed by atoms with Crippen molar-refractivity contribution in [2.45, 2.75) is 13.8 Å². The molecule has 0 aliphatic heterocycles. The molecule has 0 unspecified atom stereocenters. The molecule has 0 aliphatic rings. The quantitative estimate of drug-likeness (QED) is 0.484. The van der Waals surface area contributed by atoms with E-state index in [1.54, 1.807) is 6.92 Å². The highest BCUT2D eigenvalue weighted by Gasteiger charge is 2.20. The van der Waals surface area contributed by atoms with E-state index in [4.69, 9.17) is 10.5 Å². The zero-order chi connectivity index (χ0) is 13.6. The lowest BCUT2D eigenvalue weighted by atomic mass is 10.1. The molecule has 0 aliphatic carbocycles. The van der Waals surface area contributed by atoms with Gasteiger partial charge >= 0.3 is 5.97 Å². The van der Waals surface area contributed by atoms with Crippen LogP contribution in [0, 0.1) is 6.92 Å². The summed E-state index contributed by atoms with van der Waals surface area (Å²) in [5, 5.41) is 7.78. The van der Waals surface area contributed by atoms with Crippen molar-refractivity contribution in [1.29, 1.82) is 0 Å². The maximum Gasteiger partial charge on any atom is 0.357 e. The summed E-state index contributed by atoms with van der Waals surface area (Å²) in [4.78, 5) is 16.2. The van der Waals surface area contributed by atoms with Crippen molar-refractivity contribution in [1.82, 2.24) is 15.2 Å². The van der Waals surface area contributed by atoms with Gasteiger partial charge in [0.15, 0.2) is 5.69 Å². The number of carbonyl (C=O) groups is 1. The van der Waals surface area contributed by atoms with Crippen LogP contribution in [-0.4, -0.2) is 27.8 Å². The lowest BCUT2D eigenvalue weighted by Gasteiger charge is -1.99. The molecule has 98 valence electrons. The minimum absolute atomic E-state index is 0.322. The van der Waals surface area contributed by atoms with Crippen LogP contribution in [0.15, 0.2) is 12.3 Å². The third-order valence-corrected chi connectivity index (χ3v) is 3.21. The van der Waals surface area contributed by atoms with Crippen LogP contribution >= 0.6 is 0 Å². The van der Waals surface area contributed by atoms with Gasteiger partial charge in [0, 0.05) is 17.0 Å². The first-order valence-electron chi connectivity index (χ1n) is 6.04. The normalized spacial score (nSPS) is 11.3. The second-order valence-corrected chi connectivity index (χ2v) is 4.37. The summed E-state index contributed by atoms with van der Waals surface area (Å²) >= 11 is 0. The lowest BCUT2D eigenvalue weighted by Crippen LogP contribution is -2.06. The number of aryl methyl sites for hydroxylation is 1. The van der Waals surface area contributed by atoms with Crippen LogP contribution in [0.2, 0.25) is 0 Å². The number of aromatic nitrogens is 3. The van der Waals surface area contributed by atoms with E-state index in [0.717, 1.165) is 21.9 Å². The van der Waals surface area contributed by atoms with Gasteiger partial charge in [-0.2, -0.15) is 0 Å². The van der Waals surface area contributed by atoms with E-state index in [1.165, 1.54) is 0 Å². The van der Waals surface area contributed by atoms with Crippen molar-refractivity contribution in [2.75, 3.05) is 12.3 Å². The van der Waals surface area contributed by atoms with Gasteiger partial charge in [0.05, 0.1) is 23.3 Å². The molecular formula is C13H14N4O2. The highest BCUT2D eigenvalue weighted by molar-refractivity contribution is 6.14. The second-order valence-electron chi connectivity index (χ2n) is 4.37.